The van der Waals surface area contributed by atoms with Gasteiger partial charge in [0.25, 0.3) is 0 Å². The summed E-state index contributed by atoms with van der Waals surface area (Å²) in [4.78, 5) is 11.5. The zero-order valence-corrected chi connectivity index (χ0v) is 13.8. The van der Waals surface area contributed by atoms with E-state index in [2.05, 4.69) is 6.92 Å². The molecule has 0 spiro atoms. The van der Waals surface area contributed by atoms with Crippen molar-refractivity contribution in [1.82, 2.24) is 0 Å². The van der Waals surface area contributed by atoms with Crippen molar-refractivity contribution in [3.63, 3.8) is 0 Å². The third-order valence-corrected chi connectivity index (χ3v) is 3.73. The van der Waals surface area contributed by atoms with Crippen LogP contribution >= 0.6 is 0 Å². The molecule has 0 aliphatic heterocycles. The highest BCUT2D eigenvalue weighted by Gasteiger charge is 2.18. The highest BCUT2D eigenvalue weighted by atomic mass is 16.5. The van der Waals surface area contributed by atoms with Crippen molar-refractivity contribution < 1.29 is 9.53 Å². The zero-order valence-electron chi connectivity index (χ0n) is 13.8. The minimum absolute atomic E-state index is 0.148. The molecule has 3 nitrogen and oxygen atoms in total. The Hall–Kier alpha value is -0.570. The fraction of sp³-hybridized carbons (Fsp3) is 0.941. The van der Waals surface area contributed by atoms with Crippen LogP contribution in [-0.2, 0) is 9.53 Å². The minimum atomic E-state index is -0.474. The molecule has 0 aliphatic rings. The number of unbranched alkanes of at least 4 members (excludes halogenated alkanes) is 9. The second-order valence-corrected chi connectivity index (χ2v) is 6.12. The van der Waals surface area contributed by atoms with Crippen LogP contribution < -0.4 is 5.73 Å². The molecule has 1 atom stereocenters. The van der Waals surface area contributed by atoms with Crippen molar-refractivity contribution in [2.45, 2.75) is 91.0 Å². The van der Waals surface area contributed by atoms with E-state index in [0.717, 1.165) is 12.8 Å². The van der Waals surface area contributed by atoms with E-state index >= 15 is 0 Å². The van der Waals surface area contributed by atoms with Gasteiger partial charge in [0, 0.05) is 0 Å². The summed E-state index contributed by atoms with van der Waals surface area (Å²) in [6.45, 7) is 6.65. The lowest BCUT2D eigenvalue weighted by Gasteiger charge is -2.14. The monoisotopic (exact) mass is 285 g/mol. The van der Waals surface area contributed by atoms with Gasteiger partial charge in [0.2, 0.25) is 0 Å². The summed E-state index contributed by atoms with van der Waals surface area (Å²) in [7, 11) is 0. The van der Waals surface area contributed by atoms with Gasteiger partial charge < -0.3 is 10.5 Å². The van der Waals surface area contributed by atoms with Gasteiger partial charge in [-0.1, -0.05) is 78.6 Å². The molecule has 0 aromatic carbocycles. The molecular weight excluding hydrogens is 250 g/mol. The van der Waals surface area contributed by atoms with Gasteiger partial charge in [0.1, 0.15) is 6.04 Å². The number of esters is 1. The number of hydrogen-bond acceptors (Lipinski definition) is 3. The SMILES string of the molecule is CCCCCCCCCCCCOC(=O)[C@H](N)C(C)C. The molecule has 20 heavy (non-hydrogen) atoms. The van der Waals surface area contributed by atoms with E-state index in [-0.39, 0.29) is 11.9 Å². The Balaban J connectivity index is 3.23. The van der Waals surface area contributed by atoms with E-state index in [1.807, 2.05) is 13.8 Å². The summed E-state index contributed by atoms with van der Waals surface area (Å²) in [6, 6.07) is -0.474. The highest BCUT2D eigenvalue weighted by molar-refractivity contribution is 5.75. The normalized spacial score (nSPS) is 12.7. The molecule has 0 saturated heterocycles. The van der Waals surface area contributed by atoms with Gasteiger partial charge in [-0.05, 0) is 12.3 Å². The van der Waals surface area contributed by atoms with Gasteiger partial charge in [0.05, 0.1) is 6.61 Å². The molecule has 0 aromatic rings. The summed E-state index contributed by atoms with van der Waals surface area (Å²) in [5, 5.41) is 0. The van der Waals surface area contributed by atoms with Crippen LogP contribution in [0, 0.1) is 5.92 Å². The van der Waals surface area contributed by atoms with Crippen molar-refractivity contribution in [2.24, 2.45) is 11.7 Å². The van der Waals surface area contributed by atoms with E-state index in [1.54, 1.807) is 0 Å². The van der Waals surface area contributed by atoms with Gasteiger partial charge in [-0.15, -0.1) is 0 Å². The molecule has 0 aliphatic carbocycles. The fourth-order valence-corrected chi connectivity index (χ4v) is 2.13. The summed E-state index contributed by atoms with van der Waals surface area (Å²) in [5.74, 6) is -0.105. The molecule has 0 amide bonds. The Morgan fingerprint density at radius 2 is 1.35 bits per heavy atom. The van der Waals surface area contributed by atoms with E-state index < -0.39 is 6.04 Å². The summed E-state index contributed by atoms with van der Waals surface area (Å²) in [6.07, 6.45) is 12.9. The zero-order chi connectivity index (χ0) is 15.2. The first kappa shape index (κ1) is 19.4. The molecule has 2 N–H and O–H groups in total. The summed E-state index contributed by atoms with van der Waals surface area (Å²) in [5.41, 5.74) is 5.72. The van der Waals surface area contributed by atoms with Gasteiger partial charge >= 0.3 is 5.97 Å². The number of hydrogen-bond donors (Lipinski definition) is 1. The first-order valence-electron chi connectivity index (χ1n) is 8.51. The van der Waals surface area contributed by atoms with Crippen molar-refractivity contribution in [2.75, 3.05) is 6.61 Å². The van der Waals surface area contributed by atoms with Gasteiger partial charge in [0.15, 0.2) is 0 Å². The predicted octanol–water partition coefficient (Wildman–Crippen LogP) is 4.43. The van der Waals surface area contributed by atoms with Crippen LogP contribution in [0.5, 0.6) is 0 Å². The van der Waals surface area contributed by atoms with E-state index in [0.29, 0.717) is 6.61 Å². The number of ether oxygens (including phenoxy) is 1. The van der Waals surface area contributed by atoms with Crippen LogP contribution in [-0.4, -0.2) is 18.6 Å². The van der Waals surface area contributed by atoms with Crippen LogP contribution in [0.4, 0.5) is 0 Å². The number of rotatable bonds is 13. The van der Waals surface area contributed by atoms with Crippen molar-refractivity contribution in [1.29, 1.82) is 0 Å². The lowest BCUT2D eigenvalue weighted by atomic mass is 10.1. The lowest BCUT2D eigenvalue weighted by Crippen LogP contribution is -2.37. The van der Waals surface area contributed by atoms with Gasteiger partial charge in [-0.3, -0.25) is 4.79 Å². The molecule has 0 aromatic heterocycles. The van der Waals surface area contributed by atoms with Crippen molar-refractivity contribution in [3.8, 4) is 0 Å². The third-order valence-electron chi connectivity index (χ3n) is 3.73. The smallest absolute Gasteiger partial charge is 0.323 e. The Kier molecular flexibility index (Phi) is 13.0. The number of carbonyl (C=O) groups excluding carboxylic acids is 1. The Morgan fingerprint density at radius 1 is 0.900 bits per heavy atom. The largest absolute Gasteiger partial charge is 0.465 e. The fourth-order valence-electron chi connectivity index (χ4n) is 2.13. The Bertz CT molecular complexity index is 229. The molecule has 0 rings (SSSR count). The van der Waals surface area contributed by atoms with Crippen LogP contribution in [0.25, 0.3) is 0 Å². The first-order chi connectivity index (χ1) is 9.59. The first-order valence-corrected chi connectivity index (χ1v) is 8.51. The average Bonchev–Trinajstić information content (AvgIpc) is 2.43. The molecule has 0 radical (unpaired) electrons. The molecule has 0 saturated carbocycles. The Morgan fingerprint density at radius 3 is 1.80 bits per heavy atom. The molecule has 0 fully saturated rings. The molecule has 0 unspecified atom stereocenters. The van der Waals surface area contributed by atoms with Gasteiger partial charge in [-0.2, -0.15) is 0 Å². The van der Waals surface area contributed by atoms with Crippen LogP contribution in [0.15, 0.2) is 0 Å². The van der Waals surface area contributed by atoms with E-state index in [1.165, 1.54) is 51.4 Å². The van der Waals surface area contributed by atoms with E-state index in [4.69, 9.17) is 10.5 Å². The molecule has 0 heterocycles. The maximum Gasteiger partial charge on any atom is 0.323 e. The Labute approximate surface area is 125 Å². The molecule has 0 bridgehead atoms. The van der Waals surface area contributed by atoms with Crippen molar-refractivity contribution in [3.05, 3.63) is 0 Å². The maximum absolute atomic E-state index is 11.5. The van der Waals surface area contributed by atoms with Crippen molar-refractivity contribution >= 4 is 5.97 Å². The molecular formula is C17H35NO2. The molecule has 120 valence electrons. The van der Waals surface area contributed by atoms with Crippen LogP contribution in [0.2, 0.25) is 0 Å². The minimum Gasteiger partial charge on any atom is -0.465 e. The predicted molar refractivity (Wildman–Crippen MR) is 85.6 cm³/mol. The summed E-state index contributed by atoms with van der Waals surface area (Å²) < 4.78 is 5.17. The lowest BCUT2D eigenvalue weighted by molar-refractivity contribution is -0.146. The van der Waals surface area contributed by atoms with Crippen LogP contribution in [0.1, 0.15) is 85.0 Å². The second kappa shape index (κ2) is 13.4. The number of carbonyl (C=O) groups is 1. The standard InChI is InChI=1S/C17H35NO2/c1-4-5-6-7-8-9-10-11-12-13-14-20-17(19)16(18)15(2)3/h15-16H,4-14,18H2,1-3H3/t16-/m1/s1. The highest BCUT2D eigenvalue weighted by Crippen LogP contribution is 2.10. The topological polar surface area (TPSA) is 52.3 Å². The maximum atomic E-state index is 11.5. The molecule has 3 heteroatoms. The quantitative estimate of drug-likeness (QED) is 0.402. The van der Waals surface area contributed by atoms with Gasteiger partial charge in [-0.25, -0.2) is 0 Å². The summed E-state index contributed by atoms with van der Waals surface area (Å²) >= 11 is 0. The number of nitrogens with two attached hydrogens (primary N) is 1. The second-order valence-electron chi connectivity index (χ2n) is 6.12. The average molecular weight is 285 g/mol. The van der Waals surface area contributed by atoms with E-state index in [9.17, 15) is 4.79 Å². The third kappa shape index (κ3) is 11.3. The van der Waals surface area contributed by atoms with Crippen LogP contribution in [0.3, 0.4) is 0 Å².